The molecular formula is C23H25BrN2. The lowest BCUT2D eigenvalue weighted by Gasteiger charge is -2.27. The first-order valence-electron chi connectivity index (χ1n) is 10.0. The summed E-state index contributed by atoms with van der Waals surface area (Å²) in [7, 11) is 0. The number of pyridine rings is 1. The summed E-state index contributed by atoms with van der Waals surface area (Å²) in [6.07, 6.45) is 10.6. The molecule has 2 heterocycles. The predicted octanol–water partition coefficient (Wildman–Crippen LogP) is 5.40. The summed E-state index contributed by atoms with van der Waals surface area (Å²) in [5.74, 6) is 0.799. The molecule has 1 N–H and O–H groups in total. The molecule has 0 spiro atoms. The van der Waals surface area contributed by atoms with Gasteiger partial charge in [0.05, 0.1) is 5.69 Å². The molecule has 1 aromatic heterocycles. The lowest BCUT2D eigenvalue weighted by atomic mass is 9.78. The topological polar surface area (TPSA) is 24.9 Å². The van der Waals surface area contributed by atoms with Gasteiger partial charge in [-0.2, -0.15) is 0 Å². The van der Waals surface area contributed by atoms with Gasteiger partial charge >= 0.3 is 0 Å². The molecule has 2 nitrogen and oxygen atoms in total. The molecule has 2 fully saturated rings. The smallest absolute Gasteiger partial charge is 0.0740 e. The maximum absolute atomic E-state index is 4.89. The van der Waals surface area contributed by atoms with Crippen molar-refractivity contribution in [1.29, 1.82) is 0 Å². The molecule has 1 aromatic carbocycles. The highest BCUT2D eigenvalue weighted by Gasteiger charge is 2.26. The zero-order valence-electron chi connectivity index (χ0n) is 15.2. The molecule has 1 saturated heterocycles. The molecule has 134 valence electrons. The molecule has 5 rings (SSSR count). The summed E-state index contributed by atoms with van der Waals surface area (Å²) < 4.78 is 1.09. The zero-order valence-corrected chi connectivity index (χ0v) is 16.7. The van der Waals surface area contributed by atoms with E-state index in [1.807, 2.05) is 6.20 Å². The van der Waals surface area contributed by atoms with Gasteiger partial charge in [0.1, 0.15) is 0 Å². The standard InChI is InChI=1S/C23H25BrN2/c24-20-13-19-5-4-18-12-17(15-2-1-3-15)6-7-21(18)22(23(19)26-14-20)16-8-10-25-11-9-16/h6-7,12-15,25H,1-5,8-11H2. The van der Waals surface area contributed by atoms with E-state index in [0.717, 1.165) is 49.2 Å². The third-order valence-corrected chi connectivity index (χ3v) is 6.80. The summed E-state index contributed by atoms with van der Waals surface area (Å²) in [6.45, 7) is 2.17. The first kappa shape index (κ1) is 16.7. The van der Waals surface area contributed by atoms with Gasteiger partial charge in [-0.3, -0.25) is 4.98 Å². The summed E-state index contributed by atoms with van der Waals surface area (Å²) in [4.78, 5) is 4.89. The average molecular weight is 409 g/mol. The first-order chi connectivity index (χ1) is 12.8. The molecule has 3 heteroatoms. The number of nitrogens with one attached hydrogen (secondary N) is 1. The van der Waals surface area contributed by atoms with Crippen molar-refractivity contribution in [2.24, 2.45) is 0 Å². The summed E-state index contributed by atoms with van der Waals surface area (Å²) >= 11 is 3.63. The number of fused-ring (bicyclic) bond motifs is 2. The highest BCUT2D eigenvalue weighted by Crippen LogP contribution is 2.41. The number of piperidine rings is 1. The molecule has 0 unspecified atom stereocenters. The van der Waals surface area contributed by atoms with E-state index in [-0.39, 0.29) is 0 Å². The van der Waals surface area contributed by atoms with Crippen molar-refractivity contribution in [3.8, 4) is 0 Å². The highest BCUT2D eigenvalue weighted by molar-refractivity contribution is 9.10. The monoisotopic (exact) mass is 408 g/mol. The largest absolute Gasteiger partial charge is 0.316 e. The van der Waals surface area contributed by atoms with Gasteiger partial charge in [0.25, 0.3) is 0 Å². The van der Waals surface area contributed by atoms with Crippen LogP contribution in [0.3, 0.4) is 0 Å². The van der Waals surface area contributed by atoms with Crippen molar-refractivity contribution in [3.63, 3.8) is 0 Å². The van der Waals surface area contributed by atoms with Crippen LogP contribution in [0, 0.1) is 0 Å². The van der Waals surface area contributed by atoms with E-state index in [2.05, 4.69) is 45.5 Å². The van der Waals surface area contributed by atoms with Crippen LogP contribution in [0.4, 0.5) is 0 Å². The fourth-order valence-corrected chi connectivity index (χ4v) is 5.07. The Kier molecular flexibility index (Phi) is 4.46. The van der Waals surface area contributed by atoms with Crippen molar-refractivity contribution in [3.05, 3.63) is 68.5 Å². The van der Waals surface area contributed by atoms with Crippen LogP contribution in [0.15, 0.2) is 40.5 Å². The van der Waals surface area contributed by atoms with Gasteiger partial charge in [-0.05, 0) is 102 Å². The van der Waals surface area contributed by atoms with E-state index in [1.165, 1.54) is 47.2 Å². The molecule has 26 heavy (non-hydrogen) atoms. The second kappa shape index (κ2) is 6.94. The minimum absolute atomic E-state index is 0.799. The van der Waals surface area contributed by atoms with Gasteiger partial charge in [0.2, 0.25) is 0 Å². The molecule has 0 radical (unpaired) electrons. The summed E-state index contributed by atoms with van der Waals surface area (Å²) in [6, 6.07) is 9.60. The van der Waals surface area contributed by atoms with Gasteiger partial charge in [-0.15, -0.1) is 0 Å². The van der Waals surface area contributed by atoms with Gasteiger partial charge < -0.3 is 5.32 Å². The van der Waals surface area contributed by atoms with Crippen LogP contribution in [0.25, 0.3) is 5.57 Å². The zero-order chi connectivity index (χ0) is 17.5. The minimum Gasteiger partial charge on any atom is -0.316 e. The Morgan fingerprint density at radius 2 is 1.77 bits per heavy atom. The predicted molar refractivity (Wildman–Crippen MR) is 111 cm³/mol. The van der Waals surface area contributed by atoms with Crippen molar-refractivity contribution in [1.82, 2.24) is 10.3 Å². The molecular weight excluding hydrogens is 384 g/mol. The van der Waals surface area contributed by atoms with E-state index in [9.17, 15) is 0 Å². The Balaban J connectivity index is 1.68. The number of benzene rings is 1. The fourth-order valence-electron chi connectivity index (χ4n) is 4.69. The molecule has 0 amide bonds. The Hall–Kier alpha value is -1.45. The highest BCUT2D eigenvalue weighted by atomic mass is 79.9. The lowest BCUT2D eigenvalue weighted by Crippen LogP contribution is -2.24. The van der Waals surface area contributed by atoms with Gasteiger partial charge in [0, 0.05) is 16.2 Å². The Morgan fingerprint density at radius 3 is 2.54 bits per heavy atom. The maximum Gasteiger partial charge on any atom is 0.0740 e. The second-order valence-electron chi connectivity index (χ2n) is 7.93. The minimum atomic E-state index is 0.799. The van der Waals surface area contributed by atoms with Crippen LogP contribution >= 0.6 is 15.9 Å². The first-order valence-corrected chi connectivity index (χ1v) is 10.8. The fraction of sp³-hybridized carbons (Fsp3) is 0.435. The molecule has 3 aliphatic rings. The Morgan fingerprint density at radius 1 is 0.962 bits per heavy atom. The molecule has 1 aliphatic heterocycles. The number of nitrogens with zero attached hydrogens (tertiary/aromatic N) is 1. The summed E-state index contributed by atoms with van der Waals surface area (Å²) in [5, 5.41) is 3.50. The molecule has 0 bridgehead atoms. The third kappa shape index (κ3) is 2.95. The van der Waals surface area contributed by atoms with Gasteiger partial charge in [-0.1, -0.05) is 30.2 Å². The van der Waals surface area contributed by atoms with Crippen molar-refractivity contribution in [2.75, 3.05) is 13.1 Å². The van der Waals surface area contributed by atoms with Crippen LogP contribution in [-0.2, 0) is 12.8 Å². The van der Waals surface area contributed by atoms with E-state index in [0.29, 0.717) is 0 Å². The molecule has 2 aromatic rings. The summed E-state index contributed by atoms with van der Waals surface area (Å²) in [5.41, 5.74) is 10.2. The molecule has 1 saturated carbocycles. The Bertz CT molecular complexity index is 872. The van der Waals surface area contributed by atoms with E-state index < -0.39 is 0 Å². The quantitative estimate of drug-likeness (QED) is 0.683. The normalized spacial score (nSPS) is 20.2. The van der Waals surface area contributed by atoms with Crippen LogP contribution in [0.1, 0.15) is 66.0 Å². The lowest BCUT2D eigenvalue weighted by molar-refractivity contribution is 0.419. The van der Waals surface area contributed by atoms with Crippen LogP contribution in [0.5, 0.6) is 0 Å². The maximum atomic E-state index is 4.89. The van der Waals surface area contributed by atoms with Crippen molar-refractivity contribution >= 4 is 21.5 Å². The van der Waals surface area contributed by atoms with Crippen LogP contribution in [-0.4, -0.2) is 18.1 Å². The van der Waals surface area contributed by atoms with E-state index >= 15 is 0 Å². The SMILES string of the molecule is Brc1cnc2c(c1)CCc1cc(C3CCC3)ccc1C2=C1CCNCC1. The van der Waals surface area contributed by atoms with E-state index in [1.54, 1.807) is 11.1 Å². The van der Waals surface area contributed by atoms with Gasteiger partial charge in [0.15, 0.2) is 0 Å². The number of rotatable bonds is 1. The molecule has 2 aliphatic carbocycles. The molecule has 0 atom stereocenters. The number of halogens is 1. The van der Waals surface area contributed by atoms with Crippen molar-refractivity contribution < 1.29 is 0 Å². The third-order valence-electron chi connectivity index (χ3n) is 6.37. The number of hydrogen-bond acceptors (Lipinski definition) is 2. The second-order valence-corrected chi connectivity index (χ2v) is 8.85. The Labute approximate surface area is 164 Å². The van der Waals surface area contributed by atoms with Gasteiger partial charge in [-0.25, -0.2) is 0 Å². The average Bonchev–Trinajstić information content (AvgIpc) is 2.77. The number of hydrogen-bond donors (Lipinski definition) is 1. The van der Waals surface area contributed by atoms with E-state index in [4.69, 9.17) is 4.98 Å². The van der Waals surface area contributed by atoms with Crippen LogP contribution < -0.4 is 5.32 Å². The number of aryl methyl sites for hydroxylation is 2. The number of aromatic nitrogens is 1. The van der Waals surface area contributed by atoms with Crippen molar-refractivity contribution in [2.45, 2.75) is 50.9 Å². The van der Waals surface area contributed by atoms with Crippen LogP contribution in [0.2, 0.25) is 0 Å².